The SMILES string of the molecule is [2H]c1c([2H])c([2H])c2c(c1[2H])c1c([2H])c([2H])c3c4c([2H])c([2H])c([2H])c([2H])c4n(-c4nc(-c5ccccc5)nc(-c5ccccc5)n4)c3c1n2-c1cc(-c2ccccc2)c2oc3ccccc3c2c1. The van der Waals surface area contributed by atoms with Crippen LogP contribution in [0.1, 0.15) is 13.7 Å². The summed E-state index contributed by atoms with van der Waals surface area (Å²) >= 11 is 0. The number of hydrogen-bond donors (Lipinski definition) is 0. The van der Waals surface area contributed by atoms with E-state index in [0.717, 1.165) is 10.9 Å². The Morgan fingerprint density at radius 1 is 0.439 bits per heavy atom. The fourth-order valence-corrected chi connectivity index (χ4v) is 7.94. The molecule has 12 aromatic rings. The van der Waals surface area contributed by atoms with Crippen LogP contribution in [0.2, 0.25) is 0 Å². The number of rotatable bonds is 5. The lowest BCUT2D eigenvalue weighted by atomic mass is 10.0. The largest absolute Gasteiger partial charge is 0.455 e. The fraction of sp³-hybridized carbons (Fsp3) is 0. The summed E-state index contributed by atoms with van der Waals surface area (Å²) in [4.78, 5) is 14.9. The Hall–Kier alpha value is -7.83. The van der Waals surface area contributed by atoms with Crippen LogP contribution >= 0.6 is 0 Å². The molecule has 0 aliphatic rings. The fourth-order valence-electron chi connectivity index (χ4n) is 7.94. The van der Waals surface area contributed by atoms with E-state index < -0.39 is 60.4 Å². The van der Waals surface area contributed by atoms with E-state index in [9.17, 15) is 8.22 Å². The van der Waals surface area contributed by atoms with E-state index in [4.69, 9.17) is 24.9 Å². The molecule has 8 aromatic carbocycles. The van der Waals surface area contributed by atoms with Gasteiger partial charge in [-0.25, -0.2) is 4.98 Å². The molecule has 12 rings (SSSR count). The summed E-state index contributed by atoms with van der Waals surface area (Å²) in [7, 11) is 0. The molecule has 0 unspecified atom stereocenters. The molecular weight excluding hydrogens is 699 g/mol. The summed E-state index contributed by atoms with van der Waals surface area (Å²) < 4.78 is 103. The van der Waals surface area contributed by atoms with Crippen LogP contribution in [0.3, 0.4) is 0 Å². The molecule has 57 heavy (non-hydrogen) atoms. The summed E-state index contributed by atoms with van der Waals surface area (Å²) in [6, 6.07) is 34.5. The van der Waals surface area contributed by atoms with E-state index in [1.807, 2.05) is 127 Å². The predicted octanol–water partition coefficient (Wildman–Crippen LogP) is 13.0. The second-order valence-electron chi connectivity index (χ2n) is 13.7. The first-order valence-corrected chi connectivity index (χ1v) is 18.3. The molecule has 0 radical (unpaired) electrons. The van der Waals surface area contributed by atoms with Crippen molar-refractivity contribution in [3.63, 3.8) is 0 Å². The third kappa shape index (κ3) is 4.81. The van der Waals surface area contributed by atoms with Crippen molar-refractivity contribution in [2.75, 3.05) is 0 Å². The lowest BCUT2D eigenvalue weighted by Gasteiger charge is -2.14. The molecule has 0 bridgehead atoms. The van der Waals surface area contributed by atoms with Crippen molar-refractivity contribution in [3.05, 3.63) is 188 Å². The van der Waals surface area contributed by atoms with Gasteiger partial charge in [-0.05, 0) is 35.8 Å². The quantitative estimate of drug-likeness (QED) is 0.176. The molecule has 6 nitrogen and oxygen atoms in total. The molecule has 0 N–H and O–H groups in total. The zero-order valence-corrected chi connectivity index (χ0v) is 29.8. The van der Waals surface area contributed by atoms with Gasteiger partial charge in [-0.1, -0.05) is 158 Å². The molecule has 0 spiro atoms. The van der Waals surface area contributed by atoms with Crippen LogP contribution < -0.4 is 0 Å². The number of aromatic nitrogens is 5. The molecule has 0 aliphatic carbocycles. The third-order valence-corrected chi connectivity index (χ3v) is 10.4. The summed E-state index contributed by atoms with van der Waals surface area (Å²) in [5, 5.41) is 1.35. The number of nitrogens with zero attached hydrogens (tertiary/aromatic N) is 5. The van der Waals surface area contributed by atoms with Gasteiger partial charge in [0.15, 0.2) is 11.6 Å². The second kappa shape index (κ2) is 12.3. The Balaban J connectivity index is 1.37. The molecule has 0 fully saturated rings. The Morgan fingerprint density at radius 2 is 0.965 bits per heavy atom. The Bertz CT molecular complexity index is 4040. The summed E-state index contributed by atoms with van der Waals surface area (Å²) in [5.74, 6) is 0.406. The molecular formula is C51H31N5O. The van der Waals surface area contributed by atoms with E-state index in [0.29, 0.717) is 38.9 Å². The summed E-state index contributed by atoms with van der Waals surface area (Å²) in [6.45, 7) is 0. The lowest BCUT2D eigenvalue weighted by Crippen LogP contribution is -2.07. The van der Waals surface area contributed by atoms with Crippen molar-refractivity contribution in [1.29, 1.82) is 0 Å². The normalized spacial score (nSPS) is 14.3. The van der Waals surface area contributed by atoms with Gasteiger partial charge in [-0.3, -0.25) is 4.57 Å². The van der Waals surface area contributed by atoms with Gasteiger partial charge in [-0.15, -0.1) is 0 Å². The highest BCUT2D eigenvalue weighted by atomic mass is 16.3. The monoisotopic (exact) mass is 739 g/mol. The maximum Gasteiger partial charge on any atom is 0.238 e. The number of furan rings is 1. The number of hydrogen-bond acceptors (Lipinski definition) is 4. The van der Waals surface area contributed by atoms with Crippen molar-refractivity contribution >= 4 is 65.6 Å². The van der Waals surface area contributed by atoms with E-state index in [-0.39, 0.29) is 61.2 Å². The topological polar surface area (TPSA) is 61.7 Å². The van der Waals surface area contributed by atoms with Gasteiger partial charge in [0.1, 0.15) is 11.2 Å². The molecule has 0 saturated carbocycles. The lowest BCUT2D eigenvalue weighted by molar-refractivity contribution is 0.670. The molecule has 266 valence electrons. The van der Waals surface area contributed by atoms with E-state index in [1.165, 1.54) is 4.57 Å². The Labute approximate surface area is 340 Å². The van der Waals surface area contributed by atoms with E-state index >= 15 is 0 Å². The van der Waals surface area contributed by atoms with Gasteiger partial charge in [0, 0.05) is 54.7 Å². The first kappa shape index (κ1) is 23.2. The van der Waals surface area contributed by atoms with Crippen LogP contribution in [0.4, 0.5) is 0 Å². The van der Waals surface area contributed by atoms with E-state index in [2.05, 4.69) is 0 Å². The standard InChI is InChI=1S/C51H31N5O/c1-4-16-32(17-5-1)41-30-35(31-42-38-24-12-15-27-45(38)57-48(41)42)55-43-25-13-10-22-36(43)39-28-29-40-37-23-11-14-26-44(37)56(47(40)46(39)55)51-53-49(33-18-6-2-7-19-33)52-50(54-51)34-20-8-3-9-21-34/h1-31H/i10D,11D,13D,14D,22D,23D,25D,26D,28D,29D. The molecule has 0 atom stereocenters. The van der Waals surface area contributed by atoms with Crippen molar-refractivity contribution in [2.24, 2.45) is 0 Å². The average molecular weight is 740 g/mol. The van der Waals surface area contributed by atoms with Crippen LogP contribution in [0.5, 0.6) is 0 Å². The minimum Gasteiger partial charge on any atom is -0.455 e. The minimum atomic E-state index is -0.557. The highest BCUT2D eigenvalue weighted by Crippen LogP contribution is 2.44. The van der Waals surface area contributed by atoms with Crippen LogP contribution in [-0.4, -0.2) is 24.1 Å². The van der Waals surface area contributed by atoms with Crippen molar-refractivity contribution in [1.82, 2.24) is 24.1 Å². The van der Waals surface area contributed by atoms with E-state index in [1.54, 1.807) is 4.57 Å². The van der Waals surface area contributed by atoms with Gasteiger partial charge in [-0.2, -0.15) is 9.97 Å². The van der Waals surface area contributed by atoms with Gasteiger partial charge >= 0.3 is 0 Å². The number of para-hydroxylation sites is 3. The van der Waals surface area contributed by atoms with Crippen molar-refractivity contribution in [3.8, 4) is 45.5 Å². The zero-order chi connectivity index (χ0) is 46.2. The van der Waals surface area contributed by atoms with Crippen LogP contribution in [0, 0.1) is 0 Å². The average Bonchev–Trinajstić information content (AvgIpc) is 4.05. The first-order chi connectivity index (χ1) is 32.4. The highest BCUT2D eigenvalue weighted by molar-refractivity contribution is 6.24. The maximum atomic E-state index is 9.80. The predicted molar refractivity (Wildman–Crippen MR) is 232 cm³/mol. The minimum absolute atomic E-state index is 0.00200. The number of fused-ring (bicyclic) bond motifs is 10. The molecule has 0 amide bonds. The van der Waals surface area contributed by atoms with Crippen LogP contribution in [0.15, 0.2) is 192 Å². The van der Waals surface area contributed by atoms with Crippen LogP contribution in [0.25, 0.3) is 111 Å². The molecule has 4 heterocycles. The van der Waals surface area contributed by atoms with Gasteiger partial charge in [0.25, 0.3) is 0 Å². The smallest absolute Gasteiger partial charge is 0.238 e. The summed E-state index contributed by atoms with van der Waals surface area (Å²) in [6.07, 6.45) is 0. The second-order valence-corrected chi connectivity index (χ2v) is 13.7. The molecule has 0 aliphatic heterocycles. The first-order valence-electron chi connectivity index (χ1n) is 23.3. The Morgan fingerprint density at radius 3 is 1.60 bits per heavy atom. The molecule has 0 saturated heterocycles. The Kier molecular flexibility index (Phi) is 5.02. The van der Waals surface area contributed by atoms with Gasteiger partial charge in [0.05, 0.1) is 35.8 Å². The highest BCUT2D eigenvalue weighted by Gasteiger charge is 2.24. The van der Waals surface area contributed by atoms with Crippen LogP contribution in [-0.2, 0) is 0 Å². The van der Waals surface area contributed by atoms with Gasteiger partial charge < -0.3 is 8.98 Å². The maximum absolute atomic E-state index is 9.80. The third-order valence-electron chi connectivity index (χ3n) is 10.4. The number of benzene rings is 8. The zero-order valence-electron chi connectivity index (χ0n) is 39.8. The molecule has 6 heteroatoms. The van der Waals surface area contributed by atoms with Crippen molar-refractivity contribution < 1.29 is 18.1 Å². The van der Waals surface area contributed by atoms with Gasteiger partial charge in [0.2, 0.25) is 5.95 Å². The molecule has 4 aromatic heterocycles. The van der Waals surface area contributed by atoms with Crippen molar-refractivity contribution in [2.45, 2.75) is 0 Å². The summed E-state index contributed by atoms with van der Waals surface area (Å²) in [5.41, 5.74) is 4.43.